The fourth-order valence-corrected chi connectivity index (χ4v) is 6.18. The van der Waals surface area contributed by atoms with Crippen molar-refractivity contribution in [2.45, 2.75) is 25.7 Å². The van der Waals surface area contributed by atoms with E-state index in [2.05, 4.69) is 13.2 Å². The summed E-state index contributed by atoms with van der Waals surface area (Å²) in [5.74, 6) is -1.55. The molecule has 0 amide bonds. The van der Waals surface area contributed by atoms with E-state index < -0.39 is 55.7 Å². The van der Waals surface area contributed by atoms with Crippen LogP contribution in [-0.4, -0.2) is 125 Å². The quantitative estimate of drug-likeness (QED) is 0.0182. The van der Waals surface area contributed by atoms with Gasteiger partial charge in [0.25, 0.3) is 0 Å². The van der Waals surface area contributed by atoms with Gasteiger partial charge in [-0.25, -0.2) is 9.59 Å². The van der Waals surface area contributed by atoms with Gasteiger partial charge >= 0.3 is 23.9 Å². The number of hydrogen-bond acceptors (Lipinski definition) is 14. The van der Waals surface area contributed by atoms with Gasteiger partial charge in [0.15, 0.2) is 11.6 Å². The first-order valence-corrected chi connectivity index (χ1v) is 21.3. The van der Waals surface area contributed by atoms with Crippen LogP contribution in [0, 0.1) is 5.41 Å². The number of ketones is 2. The molecule has 4 aromatic carbocycles. The molecule has 0 fully saturated rings. The third kappa shape index (κ3) is 18.4. The summed E-state index contributed by atoms with van der Waals surface area (Å²) in [5, 5.41) is 0. The number of ether oxygens (including phenoxy) is 6. The van der Waals surface area contributed by atoms with Crippen LogP contribution < -0.4 is 9.47 Å². The standard InChI is InChI=1S/C51H58N2O12/c1-5-45(54)62-35-51(36-63-46(55)6-2,37-64-47(56)27-31-52(3)29-13-33-60-43-23-19-41(20-24-43)49(58)39-15-9-7-10-16-39)38-65-48(57)28-32-53(4)30-14-34-61-44-25-21-42(22-26-44)50(59)40-17-11-8-12-18-40/h5-12,15-26H,1-2,13-14,27-38H2,3-4H3. The molecule has 0 radical (unpaired) electrons. The van der Waals surface area contributed by atoms with Gasteiger partial charge < -0.3 is 38.2 Å². The molecule has 0 heterocycles. The molecule has 0 aliphatic carbocycles. The van der Waals surface area contributed by atoms with E-state index in [1.165, 1.54) is 0 Å². The van der Waals surface area contributed by atoms with E-state index in [0.717, 1.165) is 12.2 Å². The SMILES string of the molecule is C=CC(=O)OCC(COC(=O)C=C)(COC(=O)CCN(C)CCCOc1ccc(C(=O)c2ccccc2)cc1)COC(=O)CCN(C)CCCOc1ccc(C(=O)c2ccccc2)cc1. The number of carbonyl (C=O) groups is 6. The molecule has 0 aliphatic rings. The Morgan fingerprint density at radius 1 is 0.477 bits per heavy atom. The minimum atomic E-state index is -1.44. The highest BCUT2D eigenvalue weighted by atomic mass is 16.6. The molecule has 14 nitrogen and oxygen atoms in total. The van der Waals surface area contributed by atoms with Crippen LogP contribution in [0.5, 0.6) is 11.5 Å². The van der Waals surface area contributed by atoms with Crippen molar-refractivity contribution in [2.75, 3.05) is 79.9 Å². The third-order valence-electron chi connectivity index (χ3n) is 10.1. The van der Waals surface area contributed by atoms with Crippen molar-refractivity contribution >= 4 is 35.4 Å². The minimum absolute atomic E-state index is 0.0163. The monoisotopic (exact) mass is 890 g/mol. The molecule has 4 aromatic rings. The summed E-state index contributed by atoms with van der Waals surface area (Å²) in [6, 6.07) is 32.1. The second-order valence-corrected chi connectivity index (χ2v) is 15.4. The highest BCUT2D eigenvalue weighted by molar-refractivity contribution is 6.09. The lowest BCUT2D eigenvalue weighted by atomic mass is 9.92. The summed E-state index contributed by atoms with van der Waals surface area (Å²) in [7, 11) is 3.71. The number of benzene rings is 4. The predicted molar refractivity (Wildman–Crippen MR) is 244 cm³/mol. The molecule has 0 aliphatic heterocycles. The molecule has 0 unspecified atom stereocenters. The van der Waals surface area contributed by atoms with E-state index in [0.29, 0.717) is 86.0 Å². The average molecular weight is 891 g/mol. The van der Waals surface area contributed by atoms with Gasteiger partial charge in [-0.05, 0) is 75.5 Å². The molecule has 0 aromatic heterocycles. The highest BCUT2D eigenvalue weighted by Crippen LogP contribution is 2.23. The Kier molecular flexibility index (Phi) is 21.3. The van der Waals surface area contributed by atoms with Crippen LogP contribution in [0.1, 0.15) is 57.5 Å². The Labute approximate surface area is 380 Å². The van der Waals surface area contributed by atoms with Gasteiger partial charge in [0, 0.05) is 60.6 Å². The summed E-state index contributed by atoms with van der Waals surface area (Å²) in [6.07, 6.45) is 3.26. The molecule has 14 heteroatoms. The topological polar surface area (TPSA) is 164 Å². The highest BCUT2D eigenvalue weighted by Gasteiger charge is 2.37. The first kappa shape index (κ1) is 50.7. The number of rotatable bonds is 30. The summed E-state index contributed by atoms with van der Waals surface area (Å²) in [5.41, 5.74) is 0.927. The van der Waals surface area contributed by atoms with Crippen LogP contribution in [0.15, 0.2) is 135 Å². The van der Waals surface area contributed by atoms with Crippen LogP contribution in [0.25, 0.3) is 0 Å². The van der Waals surface area contributed by atoms with Crippen molar-refractivity contribution in [3.8, 4) is 11.5 Å². The maximum Gasteiger partial charge on any atom is 0.330 e. The molecular weight excluding hydrogens is 833 g/mol. The molecule has 0 bridgehead atoms. The normalized spacial score (nSPS) is 11.0. The number of hydrogen-bond donors (Lipinski definition) is 0. The molecule has 344 valence electrons. The fraction of sp³-hybridized carbons (Fsp3) is 0.333. The van der Waals surface area contributed by atoms with Gasteiger partial charge in [-0.3, -0.25) is 19.2 Å². The van der Waals surface area contributed by atoms with Gasteiger partial charge in [0.1, 0.15) is 43.3 Å². The zero-order valence-corrected chi connectivity index (χ0v) is 37.2. The van der Waals surface area contributed by atoms with Crippen molar-refractivity contribution in [3.05, 3.63) is 157 Å². The van der Waals surface area contributed by atoms with Crippen LogP contribution >= 0.6 is 0 Å². The van der Waals surface area contributed by atoms with E-state index in [4.69, 9.17) is 28.4 Å². The first-order chi connectivity index (χ1) is 31.4. The average Bonchev–Trinajstić information content (AvgIpc) is 3.35. The number of esters is 4. The number of nitrogens with zero attached hydrogens (tertiary/aromatic N) is 2. The second kappa shape index (κ2) is 27.3. The van der Waals surface area contributed by atoms with Crippen LogP contribution in [0.4, 0.5) is 0 Å². The van der Waals surface area contributed by atoms with Crippen molar-refractivity contribution < 1.29 is 57.2 Å². The number of carbonyl (C=O) groups excluding carboxylic acids is 6. The minimum Gasteiger partial charge on any atom is -0.494 e. The largest absolute Gasteiger partial charge is 0.494 e. The molecule has 0 atom stereocenters. The van der Waals surface area contributed by atoms with Crippen molar-refractivity contribution in [1.82, 2.24) is 9.80 Å². The van der Waals surface area contributed by atoms with Gasteiger partial charge in [0.05, 0.1) is 26.1 Å². The van der Waals surface area contributed by atoms with E-state index in [1.807, 2.05) is 60.3 Å². The van der Waals surface area contributed by atoms with Gasteiger partial charge in [0.2, 0.25) is 0 Å². The van der Waals surface area contributed by atoms with Crippen LogP contribution in [0.2, 0.25) is 0 Å². The second-order valence-electron chi connectivity index (χ2n) is 15.4. The molecule has 65 heavy (non-hydrogen) atoms. The maximum absolute atomic E-state index is 13.0. The summed E-state index contributed by atoms with van der Waals surface area (Å²) in [4.78, 5) is 79.4. The van der Waals surface area contributed by atoms with Crippen molar-refractivity contribution in [2.24, 2.45) is 5.41 Å². The van der Waals surface area contributed by atoms with Crippen molar-refractivity contribution in [1.29, 1.82) is 0 Å². The third-order valence-corrected chi connectivity index (χ3v) is 10.1. The smallest absolute Gasteiger partial charge is 0.330 e. The molecular formula is C51H58N2O12. The molecule has 0 saturated heterocycles. The Morgan fingerprint density at radius 3 is 1.17 bits per heavy atom. The summed E-state index contributed by atoms with van der Waals surface area (Å²) >= 11 is 0. The Balaban J connectivity index is 1.19. The molecule has 4 rings (SSSR count). The summed E-state index contributed by atoms with van der Waals surface area (Å²) in [6.45, 7) is 7.97. The Morgan fingerprint density at radius 2 is 0.815 bits per heavy atom. The van der Waals surface area contributed by atoms with Gasteiger partial charge in [-0.1, -0.05) is 73.8 Å². The first-order valence-electron chi connectivity index (χ1n) is 21.3. The van der Waals surface area contributed by atoms with Gasteiger partial charge in [-0.15, -0.1) is 0 Å². The van der Waals surface area contributed by atoms with E-state index in [9.17, 15) is 28.8 Å². The van der Waals surface area contributed by atoms with E-state index in [-0.39, 0.29) is 24.4 Å². The lowest BCUT2D eigenvalue weighted by Gasteiger charge is -2.31. The van der Waals surface area contributed by atoms with E-state index in [1.54, 1.807) is 72.8 Å². The maximum atomic E-state index is 13.0. The molecule has 0 N–H and O–H groups in total. The van der Waals surface area contributed by atoms with E-state index >= 15 is 0 Å². The Bertz CT molecular complexity index is 2000. The molecule has 0 spiro atoms. The van der Waals surface area contributed by atoms with Crippen LogP contribution in [-0.2, 0) is 38.1 Å². The van der Waals surface area contributed by atoms with Crippen LogP contribution in [0.3, 0.4) is 0 Å². The lowest BCUT2D eigenvalue weighted by Crippen LogP contribution is -2.44. The zero-order chi connectivity index (χ0) is 46.9. The Hall–Kier alpha value is -6.90. The fourth-order valence-electron chi connectivity index (χ4n) is 6.18. The summed E-state index contributed by atoms with van der Waals surface area (Å²) < 4.78 is 33.5. The zero-order valence-electron chi connectivity index (χ0n) is 37.2. The van der Waals surface area contributed by atoms with Crippen molar-refractivity contribution in [3.63, 3.8) is 0 Å². The predicted octanol–water partition coefficient (Wildman–Crippen LogP) is 6.56. The van der Waals surface area contributed by atoms with Gasteiger partial charge in [-0.2, -0.15) is 0 Å². The molecule has 0 saturated carbocycles. The lowest BCUT2D eigenvalue weighted by molar-refractivity contribution is -0.168.